The molecule has 21 heavy (non-hydrogen) atoms. The van der Waals surface area contributed by atoms with E-state index in [1.807, 2.05) is 11.8 Å². The van der Waals surface area contributed by atoms with Crippen LogP contribution in [0.3, 0.4) is 0 Å². The molecule has 0 radical (unpaired) electrons. The summed E-state index contributed by atoms with van der Waals surface area (Å²) in [5.74, 6) is 1.19. The number of amides is 1. The molecule has 2 unspecified atom stereocenters. The molecule has 2 aliphatic rings. The van der Waals surface area contributed by atoms with Gasteiger partial charge in [-0.2, -0.15) is 0 Å². The highest BCUT2D eigenvalue weighted by Gasteiger charge is 2.36. The summed E-state index contributed by atoms with van der Waals surface area (Å²) in [6.45, 7) is 5.02. The van der Waals surface area contributed by atoms with Crippen molar-refractivity contribution >= 4 is 5.91 Å². The van der Waals surface area contributed by atoms with E-state index in [4.69, 9.17) is 0 Å². The minimum atomic E-state index is -0.0678. The average molecular weight is 286 g/mol. The first-order valence-electron chi connectivity index (χ1n) is 8.34. The molecular weight excluding hydrogens is 260 g/mol. The van der Waals surface area contributed by atoms with E-state index in [0.717, 1.165) is 25.3 Å². The summed E-state index contributed by atoms with van der Waals surface area (Å²) >= 11 is 0. The van der Waals surface area contributed by atoms with Crippen molar-refractivity contribution in [2.75, 3.05) is 6.54 Å². The second kappa shape index (κ2) is 6.18. The number of rotatable bonds is 6. The average Bonchev–Trinajstić information content (AvgIpc) is 3.29. The summed E-state index contributed by atoms with van der Waals surface area (Å²) < 4.78 is 0. The molecular formula is C18H26N2O. The van der Waals surface area contributed by atoms with Crippen LogP contribution in [0.1, 0.15) is 56.8 Å². The Hall–Kier alpha value is -1.35. The van der Waals surface area contributed by atoms with E-state index in [0.29, 0.717) is 0 Å². The van der Waals surface area contributed by atoms with Crippen molar-refractivity contribution in [1.29, 1.82) is 0 Å². The van der Waals surface area contributed by atoms with Crippen LogP contribution in [0, 0.1) is 5.92 Å². The van der Waals surface area contributed by atoms with Crippen molar-refractivity contribution in [3.8, 4) is 0 Å². The van der Waals surface area contributed by atoms with Gasteiger partial charge in [0, 0.05) is 6.54 Å². The Morgan fingerprint density at radius 1 is 1.24 bits per heavy atom. The largest absolute Gasteiger partial charge is 0.322 e. The zero-order valence-corrected chi connectivity index (χ0v) is 13.1. The fourth-order valence-corrected chi connectivity index (χ4v) is 3.18. The molecule has 3 nitrogen and oxygen atoms in total. The molecule has 1 heterocycles. The molecule has 1 aromatic rings. The van der Waals surface area contributed by atoms with Crippen LogP contribution < -0.4 is 5.32 Å². The lowest BCUT2D eigenvalue weighted by atomic mass is 10.1. The quantitative estimate of drug-likeness (QED) is 0.870. The van der Waals surface area contributed by atoms with Gasteiger partial charge in [-0.15, -0.1) is 0 Å². The maximum absolute atomic E-state index is 12.4. The molecule has 1 N–H and O–H groups in total. The lowest BCUT2D eigenvalue weighted by Crippen LogP contribution is -2.31. The first-order valence-corrected chi connectivity index (χ1v) is 8.34. The van der Waals surface area contributed by atoms with Gasteiger partial charge in [-0.25, -0.2) is 0 Å². The molecule has 2 atom stereocenters. The molecule has 3 heteroatoms. The van der Waals surface area contributed by atoms with Crippen molar-refractivity contribution in [2.24, 2.45) is 5.92 Å². The van der Waals surface area contributed by atoms with Gasteiger partial charge in [0.15, 0.2) is 0 Å². The molecule has 2 fully saturated rings. The monoisotopic (exact) mass is 286 g/mol. The van der Waals surface area contributed by atoms with Gasteiger partial charge in [-0.1, -0.05) is 44.0 Å². The van der Waals surface area contributed by atoms with Crippen LogP contribution in [0.2, 0.25) is 0 Å². The first-order chi connectivity index (χ1) is 10.2. The van der Waals surface area contributed by atoms with Gasteiger partial charge in [0.2, 0.25) is 5.91 Å². The number of benzene rings is 1. The number of nitrogens with zero attached hydrogens (tertiary/aromatic N) is 1. The normalized spacial score (nSPS) is 25.6. The molecule has 1 amide bonds. The second-order valence-corrected chi connectivity index (χ2v) is 6.50. The van der Waals surface area contributed by atoms with Crippen LogP contribution >= 0.6 is 0 Å². The molecule has 0 aromatic heterocycles. The van der Waals surface area contributed by atoms with Gasteiger partial charge in [-0.3, -0.25) is 10.1 Å². The van der Waals surface area contributed by atoms with Gasteiger partial charge < -0.3 is 4.90 Å². The summed E-state index contributed by atoms with van der Waals surface area (Å²) in [4.78, 5) is 14.4. The number of carbonyl (C=O) groups excluding carboxylic acids is 1. The summed E-state index contributed by atoms with van der Waals surface area (Å²) in [5.41, 5.74) is 2.55. The van der Waals surface area contributed by atoms with E-state index < -0.39 is 0 Å². The fourth-order valence-electron chi connectivity index (χ4n) is 3.18. The Kier molecular flexibility index (Phi) is 4.29. The Balaban J connectivity index is 1.68. The summed E-state index contributed by atoms with van der Waals surface area (Å²) in [6, 6.07) is 8.60. The number of hydrogen-bond donors (Lipinski definition) is 1. The molecule has 0 bridgehead atoms. The van der Waals surface area contributed by atoms with Gasteiger partial charge in [-0.05, 0) is 43.2 Å². The smallest absolute Gasteiger partial charge is 0.241 e. The van der Waals surface area contributed by atoms with E-state index >= 15 is 0 Å². The van der Waals surface area contributed by atoms with Gasteiger partial charge >= 0.3 is 0 Å². The zero-order chi connectivity index (χ0) is 14.8. The molecule has 1 aliphatic heterocycles. The predicted octanol–water partition coefficient (Wildman–Crippen LogP) is 3.26. The third-order valence-electron chi connectivity index (χ3n) is 4.79. The van der Waals surface area contributed by atoms with E-state index in [2.05, 4.69) is 36.5 Å². The molecule has 1 saturated heterocycles. The lowest BCUT2D eigenvalue weighted by molar-refractivity contribution is -0.129. The SMILES string of the molecule is CCc1ccc(C2NC(C)C(=O)N2CCCC2CC2)cc1. The Bertz CT molecular complexity index is 492. The highest BCUT2D eigenvalue weighted by Crippen LogP contribution is 2.34. The summed E-state index contributed by atoms with van der Waals surface area (Å²) in [5, 5.41) is 3.44. The number of aryl methyl sites for hydroxylation is 1. The van der Waals surface area contributed by atoms with E-state index in [9.17, 15) is 4.79 Å². The highest BCUT2D eigenvalue weighted by atomic mass is 16.2. The van der Waals surface area contributed by atoms with E-state index in [1.165, 1.54) is 30.4 Å². The van der Waals surface area contributed by atoms with Crippen LogP contribution in [0.5, 0.6) is 0 Å². The van der Waals surface area contributed by atoms with Crippen LogP contribution in [0.4, 0.5) is 0 Å². The number of nitrogens with one attached hydrogen (secondary N) is 1. The Morgan fingerprint density at radius 3 is 2.57 bits per heavy atom. The van der Waals surface area contributed by atoms with Crippen molar-refractivity contribution in [3.05, 3.63) is 35.4 Å². The standard InChI is InChI=1S/C18H26N2O/c1-3-14-8-10-16(11-9-14)17-19-13(2)18(21)20(17)12-4-5-15-6-7-15/h8-11,13,15,17,19H,3-7,12H2,1-2H3. The lowest BCUT2D eigenvalue weighted by Gasteiger charge is -2.24. The molecule has 3 rings (SSSR count). The van der Waals surface area contributed by atoms with Crippen LogP contribution in [-0.4, -0.2) is 23.4 Å². The molecule has 0 spiro atoms. The number of hydrogen-bond acceptors (Lipinski definition) is 2. The van der Waals surface area contributed by atoms with Crippen molar-refractivity contribution in [1.82, 2.24) is 10.2 Å². The predicted molar refractivity (Wildman–Crippen MR) is 84.8 cm³/mol. The van der Waals surface area contributed by atoms with Crippen LogP contribution in [0.15, 0.2) is 24.3 Å². The van der Waals surface area contributed by atoms with Gasteiger partial charge in [0.05, 0.1) is 6.04 Å². The minimum Gasteiger partial charge on any atom is -0.322 e. The van der Waals surface area contributed by atoms with Crippen LogP contribution in [0.25, 0.3) is 0 Å². The van der Waals surface area contributed by atoms with Gasteiger partial charge in [0.25, 0.3) is 0 Å². The van der Waals surface area contributed by atoms with E-state index in [1.54, 1.807) is 0 Å². The van der Waals surface area contributed by atoms with Crippen LogP contribution in [-0.2, 0) is 11.2 Å². The van der Waals surface area contributed by atoms with Gasteiger partial charge in [0.1, 0.15) is 6.17 Å². The summed E-state index contributed by atoms with van der Waals surface area (Å²) in [7, 11) is 0. The number of carbonyl (C=O) groups is 1. The highest BCUT2D eigenvalue weighted by molar-refractivity contribution is 5.84. The maximum atomic E-state index is 12.4. The second-order valence-electron chi connectivity index (χ2n) is 6.50. The van der Waals surface area contributed by atoms with Crippen molar-refractivity contribution in [3.63, 3.8) is 0 Å². The minimum absolute atomic E-state index is 0.0533. The Labute approximate surface area is 127 Å². The maximum Gasteiger partial charge on any atom is 0.241 e. The Morgan fingerprint density at radius 2 is 1.95 bits per heavy atom. The molecule has 114 valence electrons. The topological polar surface area (TPSA) is 32.3 Å². The molecule has 1 aromatic carbocycles. The third-order valence-corrected chi connectivity index (χ3v) is 4.79. The molecule has 1 saturated carbocycles. The zero-order valence-electron chi connectivity index (χ0n) is 13.1. The van der Waals surface area contributed by atoms with Crippen molar-refractivity contribution in [2.45, 2.75) is 58.2 Å². The first kappa shape index (κ1) is 14.6. The summed E-state index contributed by atoms with van der Waals surface area (Å²) in [6.07, 6.45) is 6.31. The van der Waals surface area contributed by atoms with Crippen molar-refractivity contribution < 1.29 is 4.79 Å². The molecule has 1 aliphatic carbocycles. The van der Waals surface area contributed by atoms with E-state index in [-0.39, 0.29) is 18.1 Å². The fraction of sp³-hybridized carbons (Fsp3) is 0.611. The third kappa shape index (κ3) is 3.29.